The second-order valence-electron chi connectivity index (χ2n) is 25.1. The molecule has 5 heteroatoms. The molecule has 3 nitrogen and oxygen atoms in total. The van der Waals surface area contributed by atoms with Crippen LogP contribution in [-0.4, -0.2) is 11.3 Å². The molecule has 0 unspecified atom stereocenters. The van der Waals surface area contributed by atoms with Crippen LogP contribution in [0.5, 0.6) is 0 Å². The van der Waals surface area contributed by atoms with E-state index in [1.165, 1.54) is 143 Å². The number of nitrogens with zero attached hydrogens (tertiary/aromatic N) is 3. The standard InChI is InChI=1S/C78H66BN3S/c1-8-9-31-61-68(43-40-60-59-34-21-24-37-73(59)83-76(60)61)81-69-42-38-53(50-25-13-10-14-26-50)44-65(69)79-64-41-39-56(80-66-35-22-19-32-57(66)58-33-20-23-36-67(58)80)49-70(64)82(72-48-55(78(5,6)7)47-71(81)74(72)79)75-62(51-27-15-11-16-28-51)45-54(77(2,3)4)46-63(75)52-29-17-12-18-30-52/h10-30,32-49H,8-9,31H2,1-7H3. The van der Waals surface area contributed by atoms with Gasteiger partial charge in [0.25, 0.3) is 6.71 Å². The fourth-order valence-corrected chi connectivity index (χ4v) is 15.0. The zero-order chi connectivity index (χ0) is 56.3. The third kappa shape index (κ3) is 8.29. The van der Waals surface area contributed by atoms with Crippen LogP contribution in [-0.2, 0) is 17.3 Å². The molecule has 2 aliphatic heterocycles. The Labute approximate surface area is 492 Å². The number of unbranched alkanes of at least 4 members (excludes halogenated alkanes) is 1. The molecule has 11 aromatic carbocycles. The number of para-hydroxylation sites is 2. The van der Waals surface area contributed by atoms with E-state index in [0.29, 0.717) is 0 Å². The van der Waals surface area contributed by atoms with Crippen molar-refractivity contribution >= 4 is 111 Å². The van der Waals surface area contributed by atoms with Crippen molar-refractivity contribution in [2.24, 2.45) is 0 Å². The van der Waals surface area contributed by atoms with Gasteiger partial charge in [0.05, 0.1) is 22.4 Å². The lowest BCUT2D eigenvalue weighted by atomic mass is 9.33. The predicted molar refractivity (Wildman–Crippen MR) is 360 cm³/mol. The third-order valence-corrected chi connectivity index (χ3v) is 19.1. The summed E-state index contributed by atoms with van der Waals surface area (Å²) in [6.07, 6.45) is 3.19. The molecule has 15 rings (SSSR count). The highest BCUT2D eigenvalue weighted by atomic mass is 32.1. The topological polar surface area (TPSA) is 11.4 Å². The minimum Gasteiger partial charge on any atom is -0.311 e. The van der Waals surface area contributed by atoms with Gasteiger partial charge in [-0.1, -0.05) is 225 Å². The van der Waals surface area contributed by atoms with Crippen LogP contribution in [0.3, 0.4) is 0 Å². The van der Waals surface area contributed by atoms with E-state index < -0.39 is 0 Å². The second kappa shape index (κ2) is 19.6. The number of rotatable bonds is 9. The Bertz CT molecular complexity index is 4580. The smallest absolute Gasteiger partial charge is 0.252 e. The lowest BCUT2D eigenvalue weighted by Gasteiger charge is -2.46. The molecule has 13 aromatic rings. The first-order valence-corrected chi connectivity index (χ1v) is 30.6. The molecule has 0 spiro atoms. The molecule has 402 valence electrons. The van der Waals surface area contributed by atoms with E-state index in [1.54, 1.807) is 0 Å². The fourth-order valence-electron chi connectivity index (χ4n) is 13.7. The molecule has 0 fully saturated rings. The van der Waals surface area contributed by atoms with Gasteiger partial charge < -0.3 is 14.4 Å². The van der Waals surface area contributed by atoms with Gasteiger partial charge in [-0.2, -0.15) is 0 Å². The first-order valence-electron chi connectivity index (χ1n) is 29.8. The van der Waals surface area contributed by atoms with Crippen molar-refractivity contribution in [3.63, 3.8) is 0 Å². The quantitative estimate of drug-likeness (QED) is 0.133. The molecule has 0 saturated heterocycles. The molecule has 0 radical (unpaired) electrons. The summed E-state index contributed by atoms with van der Waals surface area (Å²) in [5.41, 5.74) is 25.6. The van der Waals surface area contributed by atoms with E-state index in [4.69, 9.17) is 0 Å². The molecular formula is C78H66BN3S. The van der Waals surface area contributed by atoms with E-state index >= 15 is 0 Å². The maximum atomic E-state index is 2.73. The maximum absolute atomic E-state index is 2.73. The first kappa shape index (κ1) is 51.0. The number of aryl methyl sites for hydroxylation is 1. The third-order valence-electron chi connectivity index (χ3n) is 17.9. The molecule has 83 heavy (non-hydrogen) atoms. The monoisotopic (exact) mass is 1090 g/mol. The number of aromatic nitrogens is 1. The summed E-state index contributed by atoms with van der Waals surface area (Å²) in [6.45, 7) is 16.5. The van der Waals surface area contributed by atoms with Crippen LogP contribution in [0.15, 0.2) is 237 Å². The molecule has 0 saturated carbocycles. The molecule has 2 aromatic heterocycles. The Kier molecular flexibility index (Phi) is 12.1. The molecule has 0 bridgehead atoms. The van der Waals surface area contributed by atoms with Crippen LogP contribution in [0.4, 0.5) is 34.1 Å². The van der Waals surface area contributed by atoms with Crippen molar-refractivity contribution in [2.75, 3.05) is 9.80 Å². The van der Waals surface area contributed by atoms with Gasteiger partial charge in [-0.25, -0.2) is 0 Å². The van der Waals surface area contributed by atoms with E-state index in [0.717, 1.165) is 24.9 Å². The van der Waals surface area contributed by atoms with Crippen LogP contribution in [0, 0.1) is 0 Å². The summed E-state index contributed by atoms with van der Waals surface area (Å²) < 4.78 is 5.23. The molecule has 0 amide bonds. The summed E-state index contributed by atoms with van der Waals surface area (Å²) >= 11 is 1.96. The number of thiophene rings is 1. The summed E-state index contributed by atoms with van der Waals surface area (Å²) in [5, 5.41) is 5.18. The second-order valence-corrected chi connectivity index (χ2v) is 26.1. The SMILES string of the molecule is CCCCc1c(N2c3ccc(-c4ccccc4)cc3B3c4ccc(-n5c6ccccc6c6ccccc65)cc4N(c4c(-c5ccccc5)cc(C(C)(C)C)cc4-c4ccccc4)c4cc(C(C)(C)C)cc2c43)ccc2c1sc1ccccc12. The van der Waals surface area contributed by atoms with Crippen molar-refractivity contribution in [3.05, 3.63) is 253 Å². The Hall–Kier alpha value is -8.90. The van der Waals surface area contributed by atoms with E-state index in [2.05, 4.69) is 299 Å². The van der Waals surface area contributed by atoms with Crippen molar-refractivity contribution in [3.8, 4) is 39.1 Å². The lowest BCUT2D eigenvalue weighted by molar-refractivity contribution is 0.590. The van der Waals surface area contributed by atoms with Crippen molar-refractivity contribution in [1.82, 2.24) is 4.57 Å². The first-order chi connectivity index (χ1) is 40.4. The number of anilines is 6. The molecule has 0 atom stereocenters. The van der Waals surface area contributed by atoms with Crippen molar-refractivity contribution in [2.45, 2.75) is 78.6 Å². The minimum absolute atomic E-state index is 0.122. The molecular weight excluding hydrogens is 1020 g/mol. The zero-order valence-corrected chi connectivity index (χ0v) is 49.3. The Morgan fingerprint density at radius 2 is 0.952 bits per heavy atom. The van der Waals surface area contributed by atoms with E-state index in [-0.39, 0.29) is 17.5 Å². The van der Waals surface area contributed by atoms with Gasteiger partial charge in [0.1, 0.15) is 0 Å². The largest absolute Gasteiger partial charge is 0.311 e. The van der Waals surface area contributed by atoms with Gasteiger partial charge in [-0.15, -0.1) is 11.3 Å². The minimum atomic E-state index is -0.220. The number of hydrogen-bond donors (Lipinski definition) is 0. The Balaban J connectivity index is 1.12. The van der Waals surface area contributed by atoms with Crippen LogP contribution in [0.2, 0.25) is 0 Å². The summed E-state index contributed by atoms with van der Waals surface area (Å²) in [5.74, 6) is 0. The molecule has 0 aliphatic carbocycles. The van der Waals surface area contributed by atoms with Crippen molar-refractivity contribution < 1.29 is 0 Å². The van der Waals surface area contributed by atoms with E-state index in [9.17, 15) is 0 Å². The summed E-state index contributed by atoms with van der Waals surface area (Å²) in [4.78, 5) is 5.43. The van der Waals surface area contributed by atoms with Crippen LogP contribution < -0.4 is 26.2 Å². The Morgan fingerprint density at radius 3 is 1.57 bits per heavy atom. The lowest BCUT2D eigenvalue weighted by Crippen LogP contribution is -2.61. The average molecular weight is 1090 g/mol. The highest BCUT2D eigenvalue weighted by molar-refractivity contribution is 7.26. The van der Waals surface area contributed by atoms with Gasteiger partial charge in [-0.05, 0) is 146 Å². The average Bonchev–Trinajstić information content (AvgIpc) is 2.90. The van der Waals surface area contributed by atoms with Gasteiger partial charge in [0.2, 0.25) is 0 Å². The molecule has 0 N–H and O–H groups in total. The van der Waals surface area contributed by atoms with E-state index in [1.807, 2.05) is 11.3 Å². The van der Waals surface area contributed by atoms with Gasteiger partial charge in [0, 0.05) is 70.5 Å². The van der Waals surface area contributed by atoms with Gasteiger partial charge in [-0.3, -0.25) is 0 Å². The Morgan fingerprint density at radius 1 is 0.410 bits per heavy atom. The summed E-state index contributed by atoms with van der Waals surface area (Å²) in [7, 11) is 0. The van der Waals surface area contributed by atoms with Crippen LogP contribution >= 0.6 is 11.3 Å². The van der Waals surface area contributed by atoms with Crippen LogP contribution in [0.1, 0.15) is 78.0 Å². The van der Waals surface area contributed by atoms with Crippen LogP contribution in [0.25, 0.3) is 81.0 Å². The highest BCUT2D eigenvalue weighted by Gasteiger charge is 2.46. The normalized spacial score (nSPS) is 13.1. The summed E-state index contributed by atoms with van der Waals surface area (Å²) in [6, 6.07) is 90.1. The van der Waals surface area contributed by atoms with Crippen molar-refractivity contribution in [1.29, 1.82) is 0 Å². The molecule has 2 aliphatic rings. The van der Waals surface area contributed by atoms with Gasteiger partial charge in [0.15, 0.2) is 0 Å². The maximum Gasteiger partial charge on any atom is 0.252 e. The molecule has 4 heterocycles. The van der Waals surface area contributed by atoms with Gasteiger partial charge >= 0.3 is 0 Å². The predicted octanol–water partition coefficient (Wildman–Crippen LogP) is 20.2. The fraction of sp³-hybridized carbons (Fsp3) is 0.154. The number of fused-ring (bicyclic) bond motifs is 10. The highest BCUT2D eigenvalue weighted by Crippen LogP contribution is 2.54. The number of benzene rings is 11. The number of hydrogen-bond acceptors (Lipinski definition) is 3. The zero-order valence-electron chi connectivity index (χ0n) is 48.5.